The van der Waals surface area contributed by atoms with Crippen LogP contribution in [0.4, 0.5) is 4.79 Å². The minimum atomic E-state index is -1.25. The molecule has 0 heterocycles. The molecule has 2 unspecified atom stereocenters. The Bertz CT molecular complexity index is 956. The summed E-state index contributed by atoms with van der Waals surface area (Å²) in [5, 5.41) is 16.1. The van der Waals surface area contributed by atoms with Crippen LogP contribution in [0.5, 0.6) is 5.75 Å². The fourth-order valence-corrected chi connectivity index (χ4v) is 3.92. The third-order valence-corrected chi connectivity index (χ3v) is 5.74. The molecule has 0 saturated heterocycles. The quantitative estimate of drug-likeness (QED) is 0.257. The Morgan fingerprint density at radius 3 is 2.32 bits per heavy atom. The van der Waals surface area contributed by atoms with Gasteiger partial charge < -0.3 is 30.1 Å². The molecule has 2 atom stereocenters. The average molecular weight is 536 g/mol. The molecule has 0 aliphatic heterocycles. The maximum Gasteiger partial charge on any atom is 0.408 e. The first-order chi connectivity index (χ1) is 17.7. The van der Waals surface area contributed by atoms with Gasteiger partial charge in [-0.05, 0) is 52.0 Å². The average Bonchev–Trinajstić information content (AvgIpc) is 2.81. The molecule has 0 aliphatic carbocycles. The van der Waals surface area contributed by atoms with Gasteiger partial charge in [0.1, 0.15) is 30.0 Å². The molecule has 0 spiro atoms. The summed E-state index contributed by atoms with van der Waals surface area (Å²) in [7, 11) is 1.21. The lowest BCUT2D eigenvalue weighted by Crippen LogP contribution is -2.54. The number of ether oxygens (including phenoxy) is 2. The highest BCUT2D eigenvalue weighted by molar-refractivity contribution is 5.93. The van der Waals surface area contributed by atoms with Gasteiger partial charge in [-0.25, -0.2) is 4.79 Å². The van der Waals surface area contributed by atoms with E-state index in [9.17, 15) is 24.3 Å². The molecule has 1 aromatic carbocycles. The first-order valence-corrected chi connectivity index (χ1v) is 13.1. The predicted molar refractivity (Wildman–Crippen MR) is 144 cm³/mol. The first-order valence-electron chi connectivity index (χ1n) is 13.1. The molecule has 10 nitrogen and oxygen atoms in total. The van der Waals surface area contributed by atoms with Crippen LogP contribution < -0.4 is 10.6 Å². The van der Waals surface area contributed by atoms with E-state index in [1.54, 1.807) is 45.9 Å². The zero-order valence-electron chi connectivity index (χ0n) is 24.1. The van der Waals surface area contributed by atoms with Crippen molar-refractivity contribution >= 4 is 23.9 Å². The van der Waals surface area contributed by atoms with E-state index < -0.39 is 48.1 Å². The number of phenolic OH excluding ortho intramolecular Hbond substituents is 1. The molecule has 1 aromatic rings. The van der Waals surface area contributed by atoms with Crippen LogP contribution in [0.1, 0.15) is 84.4 Å². The molecule has 0 aliphatic rings. The van der Waals surface area contributed by atoms with Crippen LogP contribution in [0.25, 0.3) is 0 Å². The van der Waals surface area contributed by atoms with Crippen LogP contribution in [-0.2, 0) is 23.9 Å². The third kappa shape index (κ3) is 10.6. The molecule has 10 heteroatoms. The number of phenols is 1. The summed E-state index contributed by atoms with van der Waals surface area (Å²) in [6.45, 7) is 12.5. The lowest BCUT2D eigenvalue weighted by Gasteiger charge is -2.35. The van der Waals surface area contributed by atoms with Crippen LogP contribution >= 0.6 is 0 Å². The number of amides is 3. The van der Waals surface area contributed by atoms with Gasteiger partial charge in [0.05, 0.1) is 7.11 Å². The number of para-hydroxylation sites is 1. The van der Waals surface area contributed by atoms with Crippen molar-refractivity contribution in [2.75, 3.05) is 20.2 Å². The van der Waals surface area contributed by atoms with E-state index in [0.717, 1.165) is 12.8 Å². The van der Waals surface area contributed by atoms with E-state index in [0.29, 0.717) is 18.4 Å². The Morgan fingerprint density at radius 1 is 1.11 bits per heavy atom. The number of carbonyl (C=O) groups excluding carboxylic acids is 4. The zero-order valence-corrected chi connectivity index (χ0v) is 24.1. The fourth-order valence-electron chi connectivity index (χ4n) is 3.92. The van der Waals surface area contributed by atoms with Crippen LogP contribution in [0.2, 0.25) is 0 Å². The number of carbonyl (C=O) groups is 4. The Kier molecular flexibility index (Phi) is 13.1. The number of nitrogens with one attached hydrogen (secondary N) is 2. The second-order valence-electron chi connectivity index (χ2n) is 10.8. The zero-order chi connectivity index (χ0) is 29.0. The number of benzene rings is 1. The second kappa shape index (κ2) is 15.2. The van der Waals surface area contributed by atoms with E-state index in [1.807, 2.05) is 20.8 Å². The summed E-state index contributed by atoms with van der Waals surface area (Å²) < 4.78 is 10.0. The molecule has 0 saturated carbocycles. The summed E-state index contributed by atoms with van der Waals surface area (Å²) in [4.78, 5) is 53.4. The minimum Gasteiger partial charge on any atom is -0.507 e. The Labute approximate surface area is 226 Å². The van der Waals surface area contributed by atoms with Crippen LogP contribution in [0.3, 0.4) is 0 Å². The van der Waals surface area contributed by atoms with Crippen molar-refractivity contribution in [1.82, 2.24) is 15.5 Å². The Morgan fingerprint density at radius 2 is 1.76 bits per heavy atom. The summed E-state index contributed by atoms with van der Waals surface area (Å²) in [5.74, 6) is -1.88. The number of esters is 1. The van der Waals surface area contributed by atoms with Crippen molar-refractivity contribution in [3.05, 3.63) is 29.3 Å². The number of hydrogen-bond acceptors (Lipinski definition) is 7. The predicted octanol–water partition coefficient (Wildman–Crippen LogP) is 3.99. The van der Waals surface area contributed by atoms with Crippen molar-refractivity contribution in [1.29, 1.82) is 0 Å². The van der Waals surface area contributed by atoms with E-state index >= 15 is 0 Å². The SMILES string of the molecule is CCCCCN(C(=O)C(CC(C)C)NC(=O)OC(C)(C)C)C(C(=O)NCC(=O)OC)c1cccc(C)c1O. The van der Waals surface area contributed by atoms with Crippen molar-refractivity contribution < 1.29 is 33.8 Å². The summed E-state index contributed by atoms with van der Waals surface area (Å²) in [6.07, 6.45) is 1.83. The van der Waals surface area contributed by atoms with Crippen LogP contribution in [0.15, 0.2) is 18.2 Å². The van der Waals surface area contributed by atoms with Gasteiger partial charge in [-0.2, -0.15) is 0 Å². The van der Waals surface area contributed by atoms with Gasteiger partial charge in [-0.3, -0.25) is 14.4 Å². The highest BCUT2D eigenvalue weighted by atomic mass is 16.6. The van der Waals surface area contributed by atoms with E-state index in [-0.39, 0.29) is 23.8 Å². The van der Waals surface area contributed by atoms with Crippen molar-refractivity contribution in [3.63, 3.8) is 0 Å². The molecular weight excluding hydrogens is 490 g/mol. The lowest BCUT2D eigenvalue weighted by molar-refractivity contribution is -0.145. The molecule has 3 N–H and O–H groups in total. The third-order valence-electron chi connectivity index (χ3n) is 5.74. The number of aromatic hydroxyl groups is 1. The standard InChI is InChI=1S/C28H45N3O7/c1-9-10-11-15-31(26(35)21(16-18(2)3)30-27(36)38-28(5,6)7)23(25(34)29-17-22(32)37-8)20-14-12-13-19(4)24(20)33/h12-14,18,21,23,33H,9-11,15-17H2,1-8H3,(H,29,34)(H,30,36). The molecule has 3 amide bonds. The van der Waals surface area contributed by atoms with Gasteiger partial charge in [0.15, 0.2) is 0 Å². The highest BCUT2D eigenvalue weighted by Gasteiger charge is 2.37. The van der Waals surface area contributed by atoms with Gasteiger partial charge in [0.2, 0.25) is 11.8 Å². The maximum absolute atomic E-state index is 14.1. The number of unbranched alkanes of at least 4 members (excludes halogenated alkanes) is 2. The Balaban J connectivity index is 3.57. The lowest BCUT2D eigenvalue weighted by atomic mass is 9.97. The maximum atomic E-state index is 14.1. The summed E-state index contributed by atoms with van der Waals surface area (Å²) >= 11 is 0. The summed E-state index contributed by atoms with van der Waals surface area (Å²) in [5.41, 5.74) is -0.0161. The fraction of sp³-hybridized carbons (Fsp3) is 0.643. The number of aryl methyl sites for hydroxylation is 1. The largest absolute Gasteiger partial charge is 0.507 e. The van der Waals surface area contributed by atoms with Gasteiger partial charge in [0, 0.05) is 12.1 Å². The molecule has 0 radical (unpaired) electrons. The summed E-state index contributed by atoms with van der Waals surface area (Å²) in [6, 6.07) is 2.72. The molecule has 38 heavy (non-hydrogen) atoms. The number of nitrogens with zero attached hydrogens (tertiary/aromatic N) is 1. The van der Waals surface area contributed by atoms with E-state index in [2.05, 4.69) is 15.4 Å². The Hall–Kier alpha value is -3.30. The van der Waals surface area contributed by atoms with Gasteiger partial charge >= 0.3 is 12.1 Å². The highest BCUT2D eigenvalue weighted by Crippen LogP contribution is 2.33. The molecule has 1 rings (SSSR count). The first kappa shape index (κ1) is 32.7. The smallest absolute Gasteiger partial charge is 0.408 e. The normalized spacial score (nSPS) is 12.9. The number of hydrogen-bond donors (Lipinski definition) is 3. The van der Waals surface area contributed by atoms with Crippen LogP contribution in [0, 0.1) is 12.8 Å². The molecule has 0 aromatic heterocycles. The number of methoxy groups -OCH3 is 1. The molecular formula is C28H45N3O7. The van der Waals surface area contributed by atoms with E-state index in [4.69, 9.17) is 4.74 Å². The minimum absolute atomic E-state index is 0.0374. The van der Waals surface area contributed by atoms with E-state index in [1.165, 1.54) is 12.0 Å². The second-order valence-corrected chi connectivity index (χ2v) is 10.8. The number of rotatable bonds is 13. The number of alkyl carbamates (subject to hydrolysis) is 1. The van der Waals surface area contributed by atoms with Crippen LogP contribution in [-0.4, -0.2) is 65.7 Å². The van der Waals surface area contributed by atoms with Crippen molar-refractivity contribution in [2.24, 2.45) is 5.92 Å². The monoisotopic (exact) mass is 535 g/mol. The van der Waals surface area contributed by atoms with Gasteiger partial charge in [-0.1, -0.05) is 51.8 Å². The van der Waals surface area contributed by atoms with Crippen molar-refractivity contribution in [3.8, 4) is 5.75 Å². The molecule has 0 bridgehead atoms. The van der Waals surface area contributed by atoms with Gasteiger partial charge in [-0.15, -0.1) is 0 Å². The van der Waals surface area contributed by atoms with Crippen molar-refractivity contribution in [2.45, 2.75) is 91.8 Å². The van der Waals surface area contributed by atoms with Gasteiger partial charge in [0.25, 0.3) is 0 Å². The molecule has 214 valence electrons. The molecule has 0 fully saturated rings. The topological polar surface area (TPSA) is 134 Å².